The Balaban J connectivity index is 2.60. The number of aliphatic hydroxyl groups excluding tert-OH is 1. The number of esters is 1. The van der Waals surface area contributed by atoms with Crippen molar-refractivity contribution in [2.45, 2.75) is 12.5 Å². The molecule has 1 unspecified atom stereocenters. The van der Waals surface area contributed by atoms with E-state index in [0.717, 1.165) is 4.47 Å². The van der Waals surface area contributed by atoms with Gasteiger partial charge in [-0.1, -0.05) is 0 Å². The molecule has 0 fully saturated rings. The monoisotopic (exact) mass is 260 g/mol. The van der Waals surface area contributed by atoms with E-state index in [4.69, 9.17) is 0 Å². The zero-order chi connectivity index (χ0) is 10.6. The van der Waals surface area contributed by atoms with Gasteiger partial charge in [0.15, 0.2) is 6.10 Å². The summed E-state index contributed by atoms with van der Waals surface area (Å²) in [5.74, 6) is -0.289. The van der Waals surface area contributed by atoms with Crippen LogP contribution in [0.25, 0.3) is 0 Å². The number of methoxy groups -OCH3 is 1. The smallest absolute Gasteiger partial charge is 0.335 e. The number of aliphatic hydroxyl groups is 1. The molecule has 1 heterocycles. The Labute approximate surface area is 89.3 Å². The van der Waals surface area contributed by atoms with Crippen LogP contribution in [0.2, 0.25) is 0 Å². The lowest BCUT2D eigenvalue weighted by atomic mass is 10.2. The van der Waals surface area contributed by atoms with Crippen LogP contribution < -0.4 is 0 Å². The van der Waals surface area contributed by atoms with E-state index >= 15 is 0 Å². The highest BCUT2D eigenvalue weighted by molar-refractivity contribution is 9.10. The molecule has 5 nitrogen and oxygen atoms in total. The molecule has 76 valence electrons. The van der Waals surface area contributed by atoms with Gasteiger partial charge in [0.05, 0.1) is 11.6 Å². The Morgan fingerprint density at radius 3 is 2.71 bits per heavy atom. The van der Waals surface area contributed by atoms with Gasteiger partial charge in [-0.15, -0.1) is 0 Å². The van der Waals surface area contributed by atoms with E-state index in [1.165, 1.54) is 7.11 Å². The van der Waals surface area contributed by atoms with Crippen LogP contribution in [0.15, 0.2) is 16.9 Å². The summed E-state index contributed by atoms with van der Waals surface area (Å²) in [6.07, 6.45) is 1.94. The molecule has 0 amide bonds. The average molecular weight is 261 g/mol. The molecule has 0 aliphatic heterocycles. The minimum absolute atomic E-state index is 0.0555. The summed E-state index contributed by atoms with van der Waals surface area (Å²) in [4.78, 5) is 18.7. The predicted octanol–water partition coefficient (Wildman–Crippen LogP) is 0.315. The largest absolute Gasteiger partial charge is 0.467 e. The number of hydrogen-bond acceptors (Lipinski definition) is 5. The van der Waals surface area contributed by atoms with Crippen LogP contribution >= 0.6 is 15.9 Å². The summed E-state index contributed by atoms with van der Waals surface area (Å²) in [5, 5.41) is 9.27. The summed E-state index contributed by atoms with van der Waals surface area (Å²) in [6, 6.07) is 0. The van der Waals surface area contributed by atoms with Gasteiger partial charge < -0.3 is 9.84 Å². The highest BCUT2D eigenvalue weighted by Gasteiger charge is 2.16. The Morgan fingerprint density at radius 2 is 2.21 bits per heavy atom. The Bertz CT molecular complexity index is 315. The summed E-state index contributed by atoms with van der Waals surface area (Å²) in [5.41, 5.74) is 0. The number of hydrogen-bond donors (Lipinski definition) is 1. The lowest BCUT2D eigenvalue weighted by Gasteiger charge is -2.06. The second-order valence-electron chi connectivity index (χ2n) is 2.56. The van der Waals surface area contributed by atoms with Crippen LogP contribution in [0.4, 0.5) is 0 Å². The van der Waals surface area contributed by atoms with E-state index in [-0.39, 0.29) is 6.42 Å². The Morgan fingerprint density at radius 1 is 1.64 bits per heavy atom. The van der Waals surface area contributed by atoms with Gasteiger partial charge >= 0.3 is 5.97 Å². The molecule has 0 saturated carbocycles. The van der Waals surface area contributed by atoms with Crippen molar-refractivity contribution in [2.75, 3.05) is 7.11 Å². The fourth-order valence-corrected chi connectivity index (χ4v) is 1.04. The standard InChI is InChI=1S/C8H9BrN2O3/c1-14-8(13)6(12)2-7-10-3-5(9)4-11-7/h3-4,6,12H,2H2,1H3. The molecule has 0 aromatic carbocycles. The highest BCUT2D eigenvalue weighted by atomic mass is 79.9. The molecular formula is C8H9BrN2O3. The third-order valence-corrected chi connectivity index (χ3v) is 1.93. The number of carbonyl (C=O) groups is 1. The van der Waals surface area contributed by atoms with Crippen LogP contribution in [0.1, 0.15) is 5.82 Å². The molecule has 1 N–H and O–H groups in total. The van der Waals surface area contributed by atoms with Gasteiger partial charge in [0.1, 0.15) is 5.82 Å². The van der Waals surface area contributed by atoms with Crippen molar-refractivity contribution in [2.24, 2.45) is 0 Å². The van der Waals surface area contributed by atoms with Crippen LogP contribution in [0.5, 0.6) is 0 Å². The van der Waals surface area contributed by atoms with Crippen molar-refractivity contribution >= 4 is 21.9 Å². The van der Waals surface area contributed by atoms with Gasteiger partial charge in [0.2, 0.25) is 0 Å². The van der Waals surface area contributed by atoms with Gasteiger partial charge in [-0.3, -0.25) is 0 Å². The zero-order valence-electron chi connectivity index (χ0n) is 7.48. The molecule has 0 spiro atoms. The SMILES string of the molecule is COC(=O)C(O)Cc1ncc(Br)cn1. The van der Waals surface area contributed by atoms with Gasteiger partial charge in [0.25, 0.3) is 0 Å². The maximum absolute atomic E-state index is 10.8. The quantitative estimate of drug-likeness (QED) is 0.793. The number of halogens is 1. The number of ether oxygens (including phenoxy) is 1. The molecule has 0 radical (unpaired) electrons. The van der Waals surface area contributed by atoms with Crippen molar-refractivity contribution in [3.8, 4) is 0 Å². The number of carbonyl (C=O) groups excluding carboxylic acids is 1. The van der Waals surface area contributed by atoms with Crippen LogP contribution in [-0.2, 0) is 16.0 Å². The fourth-order valence-electron chi connectivity index (χ4n) is 0.837. The summed E-state index contributed by atoms with van der Waals surface area (Å²) in [6.45, 7) is 0. The van der Waals surface area contributed by atoms with E-state index in [0.29, 0.717) is 5.82 Å². The molecule has 0 saturated heterocycles. The summed E-state index contributed by atoms with van der Waals surface area (Å²) >= 11 is 3.18. The van der Waals surface area contributed by atoms with E-state index < -0.39 is 12.1 Å². The number of nitrogens with zero attached hydrogens (tertiary/aromatic N) is 2. The maximum Gasteiger partial charge on any atom is 0.335 e. The highest BCUT2D eigenvalue weighted by Crippen LogP contribution is 2.05. The lowest BCUT2D eigenvalue weighted by molar-refractivity contribution is -0.150. The van der Waals surface area contributed by atoms with Crippen molar-refractivity contribution in [3.05, 3.63) is 22.7 Å². The minimum atomic E-state index is -1.21. The zero-order valence-corrected chi connectivity index (χ0v) is 9.06. The Hall–Kier alpha value is -1.01. The van der Waals surface area contributed by atoms with Crippen LogP contribution in [0.3, 0.4) is 0 Å². The molecule has 1 aromatic rings. The van der Waals surface area contributed by atoms with Gasteiger partial charge in [-0.2, -0.15) is 0 Å². The topological polar surface area (TPSA) is 72.3 Å². The second kappa shape index (κ2) is 5.02. The van der Waals surface area contributed by atoms with E-state index in [2.05, 4.69) is 30.6 Å². The minimum Gasteiger partial charge on any atom is -0.467 e. The average Bonchev–Trinajstić information content (AvgIpc) is 2.20. The number of aromatic nitrogens is 2. The summed E-state index contributed by atoms with van der Waals surface area (Å²) in [7, 11) is 1.22. The predicted molar refractivity (Wildman–Crippen MR) is 51.5 cm³/mol. The molecule has 0 bridgehead atoms. The first-order valence-corrected chi connectivity index (χ1v) is 4.65. The number of rotatable bonds is 3. The molecule has 0 aliphatic rings. The van der Waals surface area contributed by atoms with Crippen molar-refractivity contribution < 1.29 is 14.6 Å². The van der Waals surface area contributed by atoms with Crippen LogP contribution in [-0.4, -0.2) is 34.3 Å². The summed E-state index contributed by atoms with van der Waals surface area (Å²) < 4.78 is 5.10. The van der Waals surface area contributed by atoms with E-state index in [9.17, 15) is 9.90 Å². The first kappa shape index (κ1) is 11.1. The van der Waals surface area contributed by atoms with E-state index in [1.807, 2.05) is 0 Å². The molecule has 1 rings (SSSR count). The molecule has 0 aliphatic carbocycles. The molecule has 1 aromatic heterocycles. The lowest BCUT2D eigenvalue weighted by Crippen LogP contribution is -2.25. The molecular weight excluding hydrogens is 252 g/mol. The molecule has 6 heteroatoms. The molecule has 14 heavy (non-hydrogen) atoms. The van der Waals surface area contributed by atoms with Gasteiger partial charge in [-0.25, -0.2) is 14.8 Å². The van der Waals surface area contributed by atoms with E-state index in [1.54, 1.807) is 12.4 Å². The maximum atomic E-state index is 10.8. The Kier molecular flexibility index (Phi) is 3.97. The second-order valence-corrected chi connectivity index (χ2v) is 3.48. The first-order valence-electron chi connectivity index (χ1n) is 3.86. The van der Waals surface area contributed by atoms with Gasteiger partial charge in [-0.05, 0) is 15.9 Å². The van der Waals surface area contributed by atoms with Crippen molar-refractivity contribution in [3.63, 3.8) is 0 Å². The van der Waals surface area contributed by atoms with Crippen molar-refractivity contribution in [1.82, 2.24) is 9.97 Å². The third-order valence-electron chi connectivity index (χ3n) is 1.52. The first-order chi connectivity index (χ1) is 6.63. The normalized spacial score (nSPS) is 12.2. The molecule has 1 atom stereocenters. The fraction of sp³-hybridized carbons (Fsp3) is 0.375. The van der Waals surface area contributed by atoms with Crippen molar-refractivity contribution in [1.29, 1.82) is 0 Å². The third kappa shape index (κ3) is 3.04. The van der Waals surface area contributed by atoms with Gasteiger partial charge in [0, 0.05) is 18.8 Å². The van der Waals surface area contributed by atoms with Crippen LogP contribution in [0, 0.1) is 0 Å².